The maximum atomic E-state index is 12.3. The molecule has 0 saturated heterocycles. The minimum atomic E-state index is -0.389. The largest absolute Gasteiger partial charge is 0.467 e. The smallest absolute Gasteiger partial charge is 0.274 e. The predicted octanol–water partition coefficient (Wildman–Crippen LogP) is 1.48. The highest BCUT2D eigenvalue weighted by Crippen LogP contribution is 2.14. The summed E-state index contributed by atoms with van der Waals surface area (Å²) in [6, 6.07) is 3.51. The van der Waals surface area contributed by atoms with Crippen molar-refractivity contribution in [1.29, 1.82) is 0 Å². The number of aromatic nitrogens is 4. The van der Waals surface area contributed by atoms with Gasteiger partial charge in [-0.3, -0.25) is 19.0 Å². The Hall–Kier alpha value is -3.36. The average molecular weight is 356 g/mol. The summed E-state index contributed by atoms with van der Waals surface area (Å²) in [5.41, 5.74) is 1.56. The van der Waals surface area contributed by atoms with E-state index in [9.17, 15) is 9.59 Å². The van der Waals surface area contributed by atoms with E-state index < -0.39 is 0 Å². The van der Waals surface area contributed by atoms with Crippen molar-refractivity contribution in [3.8, 4) is 0 Å². The third-order valence-electron chi connectivity index (χ3n) is 3.65. The second-order valence-electron chi connectivity index (χ2n) is 5.91. The quantitative estimate of drug-likeness (QED) is 0.667. The molecule has 0 spiro atoms. The molecule has 2 amide bonds. The fourth-order valence-corrected chi connectivity index (χ4v) is 2.43. The van der Waals surface area contributed by atoms with Gasteiger partial charge >= 0.3 is 0 Å². The Balaban J connectivity index is 1.58. The van der Waals surface area contributed by atoms with Crippen LogP contribution in [0.25, 0.3) is 0 Å². The van der Waals surface area contributed by atoms with Crippen LogP contribution < -0.4 is 10.6 Å². The topological polar surface area (TPSA) is 107 Å². The molecule has 136 valence electrons. The molecule has 3 heterocycles. The van der Waals surface area contributed by atoms with Crippen molar-refractivity contribution in [2.75, 3.05) is 5.32 Å². The molecule has 0 fully saturated rings. The van der Waals surface area contributed by atoms with E-state index in [0.717, 1.165) is 5.56 Å². The molecule has 26 heavy (non-hydrogen) atoms. The van der Waals surface area contributed by atoms with Crippen molar-refractivity contribution in [3.05, 3.63) is 54.0 Å². The van der Waals surface area contributed by atoms with Gasteiger partial charge in [0.05, 0.1) is 24.7 Å². The van der Waals surface area contributed by atoms with Crippen LogP contribution in [0.4, 0.5) is 5.69 Å². The lowest BCUT2D eigenvalue weighted by Gasteiger charge is -2.06. The molecule has 3 aromatic rings. The third kappa shape index (κ3) is 4.38. The van der Waals surface area contributed by atoms with E-state index in [1.165, 1.54) is 10.9 Å². The molecule has 0 aliphatic heterocycles. The SMILES string of the molecule is Cc1cnn(CCC(=O)Nc2cn(C)nc2C(=O)NCc2ccco2)c1. The molecule has 3 aromatic heterocycles. The first-order valence-electron chi connectivity index (χ1n) is 8.14. The number of rotatable bonds is 7. The summed E-state index contributed by atoms with van der Waals surface area (Å²) in [5.74, 6) is 0.0284. The van der Waals surface area contributed by atoms with Crippen LogP contribution in [0.3, 0.4) is 0 Å². The Morgan fingerprint density at radius 1 is 1.31 bits per heavy atom. The first-order chi connectivity index (χ1) is 12.5. The zero-order chi connectivity index (χ0) is 18.5. The zero-order valence-corrected chi connectivity index (χ0v) is 14.6. The van der Waals surface area contributed by atoms with Gasteiger partial charge < -0.3 is 15.1 Å². The lowest BCUT2D eigenvalue weighted by Crippen LogP contribution is -2.25. The third-order valence-corrected chi connectivity index (χ3v) is 3.65. The molecule has 0 atom stereocenters. The Labute approximate surface area is 150 Å². The van der Waals surface area contributed by atoms with Gasteiger partial charge in [0.2, 0.25) is 5.91 Å². The van der Waals surface area contributed by atoms with E-state index in [1.54, 1.807) is 36.3 Å². The van der Waals surface area contributed by atoms with Crippen LogP contribution in [-0.2, 0) is 24.9 Å². The number of furan rings is 1. The minimum Gasteiger partial charge on any atom is -0.467 e. The van der Waals surface area contributed by atoms with Gasteiger partial charge in [0.1, 0.15) is 5.76 Å². The van der Waals surface area contributed by atoms with Crippen molar-refractivity contribution in [2.24, 2.45) is 7.05 Å². The normalized spacial score (nSPS) is 10.7. The second-order valence-corrected chi connectivity index (χ2v) is 5.91. The maximum absolute atomic E-state index is 12.3. The van der Waals surface area contributed by atoms with Crippen molar-refractivity contribution >= 4 is 17.5 Å². The van der Waals surface area contributed by atoms with Crippen molar-refractivity contribution < 1.29 is 14.0 Å². The minimum absolute atomic E-state index is 0.155. The van der Waals surface area contributed by atoms with E-state index in [2.05, 4.69) is 20.8 Å². The van der Waals surface area contributed by atoms with Gasteiger partial charge in [0.15, 0.2) is 5.69 Å². The first kappa shape index (κ1) is 17.5. The summed E-state index contributed by atoms with van der Waals surface area (Å²) >= 11 is 0. The van der Waals surface area contributed by atoms with Gasteiger partial charge in [-0.1, -0.05) is 0 Å². The van der Waals surface area contributed by atoms with Gasteiger partial charge in [-0.25, -0.2) is 0 Å². The number of carbonyl (C=O) groups is 2. The van der Waals surface area contributed by atoms with Crippen LogP contribution >= 0.6 is 0 Å². The summed E-state index contributed by atoms with van der Waals surface area (Å²) in [6.07, 6.45) is 6.97. The molecule has 0 aliphatic carbocycles. The van der Waals surface area contributed by atoms with Crippen molar-refractivity contribution in [3.63, 3.8) is 0 Å². The Morgan fingerprint density at radius 3 is 2.85 bits per heavy atom. The van der Waals surface area contributed by atoms with Crippen LogP contribution in [0.5, 0.6) is 0 Å². The summed E-state index contributed by atoms with van der Waals surface area (Å²) < 4.78 is 8.36. The fraction of sp³-hybridized carbons (Fsp3) is 0.294. The van der Waals surface area contributed by atoms with Crippen LogP contribution in [-0.4, -0.2) is 31.4 Å². The van der Waals surface area contributed by atoms with Crippen molar-refractivity contribution in [1.82, 2.24) is 24.9 Å². The Morgan fingerprint density at radius 2 is 2.15 bits per heavy atom. The molecule has 2 N–H and O–H groups in total. The monoisotopic (exact) mass is 356 g/mol. The molecule has 3 rings (SSSR count). The van der Waals surface area contributed by atoms with Gasteiger partial charge in [-0.15, -0.1) is 0 Å². The number of hydrogen-bond donors (Lipinski definition) is 2. The van der Waals surface area contributed by atoms with E-state index in [0.29, 0.717) is 18.0 Å². The standard InChI is InChI=1S/C17H20N6O3/c1-12-8-19-23(10-12)6-5-15(24)20-14-11-22(2)21-16(14)17(25)18-9-13-4-3-7-26-13/h3-4,7-8,10-11H,5-6,9H2,1-2H3,(H,18,25)(H,20,24). The van der Waals surface area contributed by atoms with Gasteiger partial charge in [0.25, 0.3) is 5.91 Å². The van der Waals surface area contributed by atoms with Gasteiger partial charge in [0, 0.05) is 32.4 Å². The molecule has 9 heteroatoms. The molecular formula is C17H20N6O3. The molecule has 0 radical (unpaired) electrons. The molecule has 0 aliphatic rings. The fourth-order valence-electron chi connectivity index (χ4n) is 2.43. The summed E-state index contributed by atoms with van der Waals surface area (Å²) in [6.45, 7) is 2.64. The van der Waals surface area contributed by atoms with Crippen LogP contribution in [0.2, 0.25) is 0 Å². The lowest BCUT2D eigenvalue weighted by atomic mass is 10.3. The highest BCUT2D eigenvalue weighted by Gasteiger charge is 2.18. The number of aryl methyl sites for hydroxylation is 3. The van der Waals surface area contributed by atoms with Gasteiger partial charge in [-0.05, 0) is 24.6 Å². The Bertz CT molecular complexity index is 894. The lowest BCUT2D eigenvalue weighted by molar-refractivity contribution is -0.116. The van der Waals surface area contributed by atoms with E-state index in [-0.39, 0.29) is 30.5 Å². The van der Waals surface area contributed by atoms with E-state index in [1.807, 2.05) is 13.1 Å². The molecule has 0 bridgehead atoms. The number of anilines is 1. The molecule has 9 nitrogen and oxygen atoms in total. The summed E-state index contributed by atoms with van der Waals surface area (Å²) in [5, 5.41) is 13.7. The molecule has 0 saturated carbocycles. The highest BCUT2D eigenvalue weighted by atomic mass is 16.3. The number of nitrogens with one attached hydrogen (secondary N) is 2. The van der Waals surface area contributed by atoms with E-state index >= 15 is 0 Å². The maximum Gasteiger partial charge on any atom is 0.274 e. The Kier molecular flexibility index (Phi) is 5.16. The molecule has 0 aromatic carbocycles. The van der Waals surface area contributed by atoms with Crippen LogP contribution in [0.1, 0.15) is 28.2 Å². The molecule has 0 unspecified atom stereocenters. The highest BCUT2D eigenvalue weighted by molar-refractivity contribution is 6.02. The van der Waals surface area contributed by atoms with E-state index in [4.69, 9.17) is 4.42 Å². The number of amides is 2. The zero-order valence-electron chi connectivity index (χ0n) is 14.6. The van der Waals surface area contributed by atoms with Crippen molar-refractivity contribution in [2.45, 2.75) is 26.4 Å². The average Bonchev–Trinajstić information content (AvgIpc) is 3.33. The number of hydrogen-bond acceptors (Lipinski definition) is 5. The number of nitrogens with zero attached hydrogens (tertiary/aromatic N) is 4. The number of carbonyl (C=O) groups excluding carboxylic acids is 2. The molecular weight excluding hydrogens is 336 g/mol. The van der Waals surface area contributed by atoms with Gasteiger partial charge in [-0.2, -0.15) is 10.2 Å². The van der Waals surface area contributed by atoms with Crippen LogP contribution in [0.15, 0.2) is 41.4 Å². The predicted molar refractivity (Wildman–Crippen MR) is 93.3 cm³/mol. The first-order valence-corrected chi connectivity index (χ1v) is 8.14. The van der Waals surface area contributed by atoms with Crippen LogP contribution in [0, 0.1) is 6.92 Å². The summed E-state index contributed by atoms with van der Waals surface area (Å²) in [4.78, 5) is 24.5. The second kappa shape index (κ2) is 7.68. The summed E-state index contributed by atoms with van der Waals surface area (Å²) in [7, 11) is 1.69.